The van der Waals surface area contributed by atoms with E-state index in [0.717, 1.165) is 18.9 Å². The summed E-state index contributed by atoms with van der Waals surface area (Å²) in [6.45, 7) is 1.84. The first-order chi connectivity index (χ1) is 10.0. The summed E-state index contributed by atoms with van der Waals surface area (Å²) in [7, 11) is 0. The zero-order valence-corrected chi connectivity index (χ0v) is 12.1. The van der Waals surface area contributed by atoms with Gasteiger partial charge in [0.05, 0.1) is 17.1 Å². The molecule has 0 unspecified atom stereocenters. The van der Waals surface area contributed by atoms with Crippen molar-refractivity contribution < 1.29 is 13.9 Å². The maximum absolute atomic E-state index is 13.7. The Morgan fingerprint density at radius 2 is 2.19 bits per heavy atom. The van der Waals surface area contributed by atoms with Crippen molar-refractivity contribution in [2.24, 2.45) is 0 Å². The number of ether oxygens (including phenoxy) is 1. The second-order valence-electron chi connectivity index (χ2n) is 5.01. The summed E-state index contributed by atoms with van der Waals surface area (Å²) >= 11 is 5.81. The van der Waals surface area contributed by atoms with Gasteiger partial charge in [-0.25, -0.2) is 9.18 Å². The summed E-state index contributed by atoms with van der Waals surface area (Å²) in [6, 6.07) is 2.73. The van der Waals surface area contributed by atoms with Gasteiger partial charge in [-0.2, -0.15) is 0 Å². The first-order valence-electron chi connectivity index (χ1n) is 6.74. The number of rotatable bonds is 3. The summed E-state index contributed by atoms with van der Waals surface area (Å²) in [5.74, 6) is -1.36. The molecule has 1 fully saturated rings. The summed E-state index contributed by atoms with van der Waals surface area (Å²) in [5, 5.41) is 0.106. The van der Waals surface area contributed by atoms with Crippen molar-refractivity contribution in [2.75, 3.05) is 6.61 Å². The lowest BCUT2D eigenvalue weighted by atomic mass is 10.1. The second-order valence-corrected chi connectivity index (χ2v) is 5.42. The molecule has 0 amide bonds. The average Bonchev–Trinajstić information content (AvgIpc) is 3.26. The molecule has 110 valence electrons. The minimum atomic E-state index is -0.686. The van der Waals surface area contributed by atoms with E-state index in [1.807, 2.05) is 4.57 Å². The molecular weight excluding hydrogens is 297 g/mol. The highest BCUT2D eigenvalue weighted by molar-refractivity contribution is 6.31. The van der Waals surface area contributed by atoms with Crippen molar-refractivity contribution in [1.29, 1.82) is 0 Å². The second kappa shape index (κ2) is 5.15. The standard InChI is InChI=1S/C15H13ClFNO3/c1-2-21-15(20)10-7-18(8-3-4-8)13-6-11(16)12(17)5-9(13)14(10)19/h5-8H,2-4H2,1H3. The van der Waals surface area contributed by atoms with E-state index in [9.17, 15) is 14.0 Å². The maximum Gasteiger partial charge on any atom is 0.343 e. The number of hydrogen-bond acceptors (Lipinski definition) is 3. The fourth-order valence-corrected chi connectivity index (χ4v) is 2.51. The molecule has 4 nitrogen and oxygen atoms in total. The Kier molecular flexibility index (Phi) is 3.45. The SMILES string of the molecule is CCOC(=O)c1cn(C2CC2)c2cc(Cl)c(F)cc2c1=O. The zero-order chi connectivity index (χ0) is 15.1. The smallest absolute Gasteiger partial charge is 0.343 e. The molecule has 1 saturated carbocycles. The van der Waals surface area contributed by atoms with E-state index in [1.54, 1.807) is 6.92 Å². The molecular formula is C15H13ClFNO3. The lowest BCUT2D eigenvalue weighted by Crippen LogP contribution is -2.21. The molecule has 1 heterocycles. The molecule has 1 aliphatic rings. The summed E-state index contributed by atoms with van der Waals surface area (Å²) in [6.07, 6.45) is 3.40. The number of esters is 1. The van der Waals surface area contributed by atoms with Gasteiger partial charge in [-0.1, -0.05) is 11.6 Å². The number of halogens is 2. The number of carbonyl (C=O) groups is 1. The van der Waals surface area contributed by atoms with Gasteiger partial charge in [0.25, 0.3) is 0 Å². The molecule has 21 heavy (non-hydrogen) atoms. The minimum Gasteiger partial charge on any atom is -0.462 e. The van der Waals surface area contributed by atoms with Crippen LogP contribution in [0.4, 0.5) is 4.39 Å². The molecule has 1 aromatic carbocycles. The third kappa shape index (κ3) is 2.42. The van der Waals surface area contributed by atoms with Gasteiger partial charge in [-0.15, -0.1) is 0 Å². The lowest BCUT2D eigenvalue weighted by Gasteiger charge is -2.13. The first kappa shape index (κ1) is 14.1. The van der Waals surface area contributed by atoms with Crippen LogP contribution in [0.25, 0.3) is 10.9 Å². The van der Waals surface area contributed by atoms with Crippen molar-refractivity contribution in [1.82, 2.24) is 4.57 Å². The topological polar surface area (TPSA) is 48.3 Å². The van der Waals surface area contributed by atoms with Gasteiger partial charge in [0.15, 0.2) is 0 Å². The van der Waals surface area contributed by atoms with Crippen LogP contribution in [0.1, 0.15) is 36.2 Å². The number of pyridine rings is 1. The molecule has 1 aromatic heterocycles. The van der Waals surface area contributed by atoms with E-state index in [1.165, 1.54) is 12.3 Å². The first-order valence-corrected chi connectivity index (χ1v) is 7.11. The summed E-state index contributed by atoms with van der Waals surface area (Å²) in [5.41, 5.74) is -0.0594. The van der Waals surface area contributed by atoms with Crippen molar-refractivity contribution in [3.63, 3.8) is 0 Å². The predicted octanol–water partition coefficient (Wildman–Crippen LogP) is 3.31. The highest BCUT2D eigenvalue weighted by atomic mass is 35.5. The normalized spacial score (nSPS) is 14.4. The van der Waals surface area contributed by atoms with Crippen molar-refractivity contribution in [2.45, 2.75) is 25.8 Å². The van der Waals surface area contributed by atoms with E-state index in [0.29, 0.717) is 5.52 Å². The third-order valence-corrected chi connectivity index (χ3v) is 3.80. The molecule has 0 atom stereocenters. The van der Waals surface area contributed by atoms with Crippen LogP contribution >= 0.6 is 11.6 Å². The Labute approximate surface area is 125 Å². The van der Waals surface area contributed by atoms with Crippen LogP contribution in [0, 0.1) is 5.82 Å². The fraction of sp³-hybridized carbons (Fsp3) is 0.333. The summed E-state index contributed by atoms with van der Waals surface area (Å²) < 4.78 is 20.4. The lowest BCUT2D eigenvalue weighted by molar-refractivity contribution is 0.0524. The van der Waals surface area contributed by atoms with Gasteiger partial charge < -0.3 is 9.30 Å². The molecule has 0 spiro atoms. The van der Waals surface area contributed by atoms with E-state index in [-0.39, 0.29) is 28.6 Å². The number of benzene rings is 1. The van der Waals surface area contributed by atoms with Crippen molar-refractivity contribution in [3.8, 4) is 0 Å². The number of fused-ring (bicyclic) bond motifs is 1. The molecule has 0 radical (unpaired) electrons. The Balaban J connectivity index is 2.31. The quantitative estimate of drug-likeness (QED) is 0.817. The fourth-order valence-electron chi connectivity index (χ4n) is 2.35. The third-order valence-electron chi connectivity index (χ3n) is 3.51. The Morgan fingerprint density at radius 3 is 2.81 bits per heavy atom. The highest BCUT2D eigenvalue weighted by Crippen LogP contribution is 2.37. The Morgan fingerprint density at radius 1 is 1.48 bits per heavy atom. The van der Waals surface area contributed by atoms with Gasteiger partial charge >= 0.3 is 5.97 Å². The van der Waals surface area contributed by atoms with Crippen molar-refractivity contribution >= 4 is 28.5 Å². The van der Waals surface area contributed by atoms with Gasteiger partial charge in [-0.3, -0.25) is 4.79 Å². The van der Waals surface area contributed by atoms with E-state index in [4.69, 9.17) is 16.3 Å². The molecule has 6 heteroatoms. The molecule has 3 rings (SSSR count). The maximum atomic E-state index is 13.7. The number of carbonyl (C=O) groups excluding carboxylic acids is 1. The van der Waals surface area contributed by atoms with Crippen LogP contribution in [0.15, 0.2) is 23.1 Å². The van der Waals surface area contributed by atoms with E-state index in [2.05, 4.69) is 0 Å². The molecule has 0 bridgehead atoms. The van der Waals surface area contributed by atoms with E-state index >= 15 is 0 Å². The van der Waals surface area contributed by atoms with Crippen LogP contribution in [0.2, 0.25) is 5.02 Å². The highest BCUT2D eigenvalue weighted by Gasteiger charge is 2.27. The van der Waals surface area contributed by atoms with Crippen LogP contribution in [0.3, 0.4) is 0 Å². The van der Waals surface area contributed by atoms with Gasteiger partial charge in [0, 0.05) is 17.6 Å². The Hall–Kier alpha value is -1.88. The largest absolute Gasteiger partial charge is 0.462 e. The molecule has 0 saturated heterocycles. The molecule has 0 aliphatic heterocycles. The van der Waals surface area contributed by atoms with Gasteiger partial charge in [-0.05, 0) is 31.9 Å². The number of hydrogen-bond donors (Lipinski definition) is 0. The summed E-state index contributed by atoms with van der Waals surface area (Å²) in [4.78, 5) is 24.3. The average molecular weight is 310 g/mol. The van der Waals surface area contributed by atoms with Crippen LogP contribution in [0.5, 0.6) is 0 Å². The van der Waals surface area contributed by atoms with Gasteiger partial charge in [0.2, 0.25) is 5.43 Å². The minimum absolute atomic E-state index is 0.0415. The van der Waals surface area contributed by atoms with Crippen LogP contribution in [-0.4, -0.2) is 17.1 Å². The van der Waals surface area contributed by atoms with Crippen LogP contribution in [-0.2, 0) is 4.74 Å². The zero-order valence-electron chi connectivity index (χ0n) is 11.4. The van der Waals surface area contributed by atoms with Crippen LogP contribution < -0.4 is 5.43 Å². The Bertz CT molecular complexity index is 796. The van der Waals surface area contributed by atoms with E-state index < -0.39 is 17.2 Å². The number of nitrogens with zero attached hydrogens (tertiary/aromatic N) is 1. The monoisotopic (exact) mass is 309 g/mol. The molecule has 2 aromatic rings. The molecule has 1 aliphatic carbocycles. The van der Waals surface area contributed by atoms with Crippen molar-refractivity contribution in [3.05, 3.63) is 45.0 Å². The molecule has 0 N–H and O–H groups in total. The number of aromatic nitrogens is 1. The van der Waals surface area contributed by atoms with Gasteiger partial charge in [0.1, 0.15) is 11.4 Å². The predicted molar refractivity (Wildman–Crippen MR) is 77.4 cm³/mol.